The molecule has 1 aliphatic rings. The van der Waals surface area contributed by atoms with Crippen molar-refractivity contribution in [1.29, 1.82) is 0 Å². The Kier molecular flexibility index (Phi) is 12.7. The van der Waals surface area contributed by atoms with E-state index in [-0.39, 0.29) is 17.4 Å². The van der Waals surface area contributed by atoms with E-state index in [0.29, 0.717) is 39.1 Å². The minimum absolute atomic E-state index is 0.0678. The molecule has 1 aromatic carbocycles. The minimum atomic E-state index is -0.941. The number of rotatable bonds is 15. The smallest absolute Gasteiger partial charge is 0.335 e. The van der Waals surface area contributed by atoms with E-state index in [0.717, 1.165) is 50.5 Å². The van der Waals surface area contributed by atoms with E-state index in [1.54, 1.807) is 17.0 Å². The lowest BCUT2D eigenvalue weighted by atomic mass is 10.1. The summed E-state index contributed by atoms with van der Waals surface area (Å²) < 4.78 is 0. The Morgan fingerprint density at radius 2 is 1.56 bits per heavy atom. The van der Waals surface area contributed by atoms with Crippen LogP contribution in [0.15, 0.2) is 24.3 Å². The van der Waals surface area contributed by atoms with Gasteiger partial charge in [-0.3, -0.25) is 14.5 Å². The van der Waals surface area contributed by atoms with Gasteiger partial charge in [0.05, 0.1) is 5.56 Å². The van der Waals surface area contributed by atoms with Gasteiger partial charge < -0.3 is 15.3 Å². The predicted octanol–water partition coefficient (Wildman–Crippen LogP) is 4.45. The van der Waals surface area contributed by atoms with Gasteiger partial charge in [0.25, 0.3) is 0 Å². The molecule has 1 atom stereocenters. The Balaban J connectivity index is 1.97. The van der Waals surface area contributed by atoms with Gasteiger partial charge in [-0.15, -0.1) is 0 Å². The maximum absolute atomic E-state index is 13.1. The minimum Gasteiger partial charge on any atom is -0.478 e. The van der Waals surface area contributed by atoms with Crippen molar-refractivity contribution >= 4 is 17.8 Å². The number of unbranched alkanes of at least 4 members (excludes halogenated alkanes) is 7. The summed E-state index contributed by atoms with van der Waals surface area (Å²) >= 11 is 0. The number of carbonyl (C=O) groups is 3. The number of aromatic carboxylic acids is 1. The fourth-order valence-corrected chi connectivity index (χ4v) is 4.42. The number of carbonyl (C=O) groups excluding carboxylic acids is 2. The SMILES string of the molecule is CCCCCCCC(=O)N1CCN(Cc2ccc(C(=O)O)cc2)CC1C(=O)NCCCCCC. The van der Waals surface area contributed by atoms with Crippen molar-refractivity contribution in [2.75, 3.05) is 26.2 Å². The summed E-state index contributed by atoms with van der Waals surface area (Å²) in [5.41, 5.74) is 1.26. The topological polar surface area (TPSA) is 90.0 Å². The molecule has 0 saturated carbocycles. The van der Waals surface area contributed by atoms with Gasteiger partial charge in [-0.25, -0.2) is 4.79 Å². The molecule has 1 fully saturated rings. The molecule has 1 aromatic rings. The van der Waals surface area contributed by atoms with Crippen molar-refractivity contribution in [2.45, 2.75) is 90.6 Å². The van der Waals surface area contributed by atoms with Gasteiger partial charge in [0.2, 0.25) is 11.8 Å². The van der Waals surface area contributed by atoms with E-state index in [4.69, 9.17) is 5.11 Å². The van der Waals surface area contributed by atoms with Gasteiger partial charge in [0.15, 0.2) is 0 Å². The summed E-state index contributed by atoms with van der Waals surface area (Å²) in [5, 5.41) is 12.2. The van der Waals surface area contributed by atoms with Gasteiger partial charge in [-0.1, -0.05) is 70.9 Å². The summed E-state index contributed by atoms with van der Waals surface area (Å²) in [6.07, 6.45) is 10.3. The van der Waals surface area contributed by atoms with Crippen LogP contribution in [0.25, 0.3) is 0 Å². The normalized spacial score (nSPS) is 16.4. The Morgan fingerprint density at radius 3 is 2.21 bits per heavy atom. The van der Waals surface area contributed by atoms with Crippen molar-refractivity contribution in [3.8, 4) is 0 Å². The second-order valence-corrected chi connectivity index (χ2v) is 9.36. The first kappa shape index (κ1) is 27.8. The third kappa shape index (κ3) is 9.45. The molecule has 1 heterocycles. The third-order valence-corrected chi connectivity index (χ3v) is 6.52. The quantitative estimate of drug-likeness (QED) is 0.367. The molecule has 0 aliphatic carbocycles. The Morgan fingerprint density at radius 1 is 0.912 bits per heavy atom. The largest absolute Gasteiger partial charge is 0.478 e. The van der Waals surface area contributed by atoms with Crippen molar-refractivity contribution in [1.82, 2.24) is 15.1 Å². The first-order valence-electron chi connectivity index (χ1n) is 13.1. The third-order valence-electron chi connectivity index (χ3n) is 6.52. The molecular formula is C27H43N3O4. The number of amides is 2. The lowest BCUT2D eigenvalue weighted by Gasteiger charge is -2.40. The second-order valence-electron chi connectivity index (χ2n) is 9.36. The molecule has 1 saturated heterocycles. The van der Waals surface area contributed by atoms with Crippen LogP contribution in [-0.2, 0) is 16.1 Å². The van der Waals surface area contributed by atoms with E-state index in [2.05, 4.69) is 24.1 Å². The fraction of sp³-hybridized carbons (Fsp3) is 0.667. The van der Waals surface area contributed by atoms with Crippen LogP contribution in [0.2, 0.25) is 0 Å². The average molecular weight is 474 g/mol. The Hall–Kier alpha value is -2.41. The zero-order valence-corrected chi connectivity index (χ0v) is 21.1. The number of carboxylic acid groups (broad SMARTS) is 1. The molecule has 0 bridgehead atoms. The number of hydrogen-bond donors (Lipinski definition) is 2. The standard InChI is InChI=1S/C27H43N3O4/c1-3-5-7-9-10-12-25(31)30-19-18-29(20-22-13-15-23(16-14-22)27(33)34)21-24(30)26(32)28-17-11-8-6-4-2/h13-16,24H,3-12,17-21H2,1-2H3,(H,28,32)(H,33,34). The number of carboxylic acids is 1. The Labute approximate surface area is 204 Å². The van der Waals surface area contributed by atoms with Crippen LogP contribution in [0.1, 0.15) is 94.0 Å². The summed E-state index contributed by atoms with van der Waals surface area (Å²) in [6, 6.07) is 6.37. The molecule has 2 N–H and O–H groups in total. The van der Waals surface area contributed by atoms with Crippen molar-refractivity contribution in [3.63, 3.8) is 0 Å². The molecule has 190 valence electrons. The van der Waals surface area contributed by atoms with Gasteiger partial charge in [-0.2, -0.15) is 0 Å². The van der Waals surface area contributed by atoms with E-state index in [1.807, 2.05) is 12.1 Å². The lowest BCUT2D eigenvalue weighted by molar-refractivity contribution is -0.144. The monoisotopic (exact) mass is 473 g/mol. The highest BCUT2D eigenvalue weighted by atomic mass is 16.4. The molecular weight excluding hydrogens is 430 g/mol. The predicted molar refractivity (Wildman–Crippen MR) is 135 cm³/mol. The number of piperazine rings is 1. The van der Waals surface area contributed by atoms with Crippen LogP contribution in [0.4, 0.5) is 0 Å². The molecule has 0 spiro atoms. The van der Waals surface area contributed by atoms with Gasteiger partial charge >= 0.3 is 5.97 Å². The first-order chi connectivity index (χ1) is 16.5. The highest BCUT2D eigenvalue weighted by Gasteiger charge is 2.34. The van der Waals surface area contributed by atoms with Crippen LogP contribution in [0.5, 0.6) is 0 Å². The van der Waals surface area contributed by atoms with Crippen molar-refractivity contribution < 1.29 is 19.5 Å². The number of benzene rings is 1. The lowest BCUT2D eigenvalue weighted by Crippen LogP contribution is -2.60. The second kappa shape index (κ2) is 15.5. The highest BCUT2D eigenvalue weighted by Crippen LogP contribution is 2.17. The maximum atomic E-state index is 13.1. The van der Waals surface area contributed by atoms with Crippen LogP contribution in [0.3, 0.4) is 0 Å². The van der Waals surface area contributed by atoms with Gasteiger partial charge in [-0.05, 0) is 30.5 Å². The van der Waals surface area contributed by atoms with E-state index >= 15 is 0 Å². The summed E-state index contributed by atoms with van der Waals surface area (Å²) in [6.45, 7) is 7.33. The van der Waals surface area contributed by atoms with Crippen LogP contribution in [-0.4, -0.2) is 64.9 Å². The molecule has 0 aromatic heterocycles. The molecule has 7 nitrogen and oxygen atoms in total. The van der Waals surface area contributed by atoms with Crippen LogP contribution < -0.4 is 5.32 Å². The fourth-order valence-electron chi connectivity index (χ4n) is 4.42. The molecule has 2 rings (SSSR count). The van der Waals surface area contributed by atoms with Crippen LogP contribution in [0, 0.1) is 0 Å². The van der Waals surface area contributed by atoms with Crippen molar-refractivity contribution in [3.05, 3.63) is 35.4 Å². The number of nitrogens with one attached hydrogen (secondary N) is 1. The summed E-state index contributed by atoms with van der Waals surface area (Å²) in [5.74, 6) is -0.932. The summed E-state index contributed by atoms with van der Waals surface area (Å²) in [7, 11) is 0. The van der Waals surface area contributed by atoms with E-state index in [9.17, 15) is 14.4 Å². The molecule has 0 radical (unpaired) electrons. The zero-order valence-electron chi connectivity index (χ0n) is 21.1. The molecule has 34 heavy (non-hydrogen) atoms. The number of hydrogen-bond acceptors (Lipinski definition) is 4. The zero-order chi connectivity index (χ0) is 24.8. The molecule has 2 amide bonds. The first-order valence-corrected chi connectivity index (χ1v) is 13.1. The van der Waals surface area contributed by atoms with Gasteiger partial charge in [0, 0.05) is 39.1 Å². The van der Waals surface area contributed by atoms with E-state index in [1.165, 1.54) is 12.8 Å². The van der Waals surface area contributed by atoms with Crippen molar-refractivity contribution in [2.24, 2.45) is 0 Å². The Bertz CT molecular complexity index is 766. The molecule has 1 aliphatic heterocycles. The maximum Gasteiger partial charge on any atom is 0.335 e. The molecule has 7 heteroatoms. The molecule has 1 unspecified atom stereocenters. The number of nitrogens with zero attached hydrogens (tertiary/aromatic N) is 2. The highest BCUT2D eigenvalue weighted by molar-refractivity contribution is 5.88. The summed E-state index contributed by atoms with van der Waals surface area (Å²) in [4.78, 5) is 41.1. The van der Waals surface area contributed by atoms with Gasteiger partial charge in [0.1, 0.15) is 6.04 Å². The van der Waals surface area contributed by atoms with E-state index < -0.39 is 12.0 Å². The average Bonchev–Trinajstić information content (AvgIpc) is 2.83. The van der Waals surface area contributed by atoms with Crippen LogP contribution >= 0.6 is 0 Å².